The standard InChI is InChI=1S/C12H17BrN2S/c1-16-12(5-2-6-12)9-14-8-11-4-3-10(13)7-15-11/h3-4,7,14H,2,5-6,8-9H2,1H3. The molecule has 0 aromatic carbocycles. The summed E-state index contributed by atoms with van der Waals surface area (Å²) in [5, 5.41) is 3.52. The number of hydrogen-bond donors (Lipinski definition) is 1. The van der Waals surface area contributed by atoms with E-state index in [1.54, 1.807) is 0 Å². The van der Waals surface area contributed by atoms with Crippen molar-refractivity contribution in [3.63, 3.8) is 0 Å². The molecule has 0 bridgehead atoms. The number of aromatic nitrogens is 1. The molecule has 0 unspecified atom stereocenters. The Labute approximate surface area is 110 Å². The normalized spacial score (nSPS) is 18.1. The first-order valence-electron chi connectivity index (χ1n) is 5.60. The largest absolute Gasteiger partial charge is 0.310 e. The summed E-state index contributed by atoms with van der Waals surface area (Å²) in [5.74, 6) is 0. The minimum absolute atomic E-state index is 0.509. The molecule has 1 saturated carbocycles. The van der Waals surface area contributed by atoms with Crippen molar-refractivity contribution >= 4 is 27.7 Å². The van der Waals surface area contributed by atoms with Crippen LogP contribution in [0.5, 0.6) is 0 Å². The molecule has 1 aromatic rings. The number of nitrogens with zero attached hydrogens (tertiary/aromatic N) is 1. The van der Waals surface area contributed by atoms with E-state index in [2.05, 4.69) is 38.6 Å². The van der Waals surface area contributed by atoms with Gasteiger partial charge in [0.25, 0.3) is 0 Å². The minimum atomic E-state index is 0.509. The molecule has 0 radical (unpaired) electrons. The van der Waals surface area contributed by atoms with E-state index in [0.717, 1.165) is 23.3 Å². The Hall–Kier alpha value is -0.0600. The Morgan fingerprint density at radius 2 is 2.31 bits per heavy atom. The van der Waals surface area contributed by atoms with Crippen molar-refractivity contribution < 1.29 is 0 Å². The highest BCUT2D eigenvalue weighted by atomic mass is 79.9. The fraction of sp³-hybridized carbons (Fsp3) is 0.583. The number of thioether (sulfide) groups is 1. The van der Waals surface area contributed by atoms with E-state index in [0.29, 0.717) is 4.75 Å². The van der Waals surface area contributed by atoms with Gasteiger partial charge in [0.05, 0.1) is 5.69 Å². The highest BCUT2D eigenvalue weighted by Gasteiger charge is 2.35. The lowest BCUT2D eigenvalue weighted by atomic mass is 9.84. The van der Waals surface area contributed by atoms with E-state index in [1.165, 1.54) is 19.3 Å². The summed E-state index contributed by atoms with van der Waals surface area (Å²) >= 11 is 5.40. The lowest BCUT2D eigenvalue weighted by Crippen LogP contribution is -2.43. The molecular weight excluding hydrogens is 284 g/mol. The number of rotatable bonds is 5. The van der Waals surface area contributed by atoms with Crippen molar-refractivity contribution in [1.29, 1.82) is 0 Å². The van der Waals surface area contributed by atoms with Crippen LogP contribution in [0.25, 0.3) is 0 Å². The molecule has 4 heteroatoms. The summed E-state index contributed by atoms with van der Waals surface area (Å²) in [6.07, 6.45) is 8.17. The highest BCUT2D eigenvalue weighted by molar-refractivity contribution is 9.10. The summed E-state index contributed by atoms with van der Waals surface area (Å²) in [5.41, 5.74) is 1.11. The molecule has 2 nitrogen and oxygen atoms in total. The third-order valence-corrected chi connectivity index (χ3v) is 5.13. The van der Waals surface area contributed by atoms with E-state index in [9.17, 15) is 0 Å². The van der Waals surface area contributed by atoms with Crippen LogP contribution in [0, 0.1) is 0 Å². The maximum absolute atomic E-state index is 4.35. The molecule has 88 valence electrons. The van der Waals surface area contributed by atoms with Gasteiger partial charge in [-0.1, -0.05) is 6.42 Å². The van der Waals surface area contributed by atoms with E-state index in [-0.39, 0.29) is 0 Å². The molecule has 2 rings (SSSR count). The van der Waals surface area contributed by atoms with Crippen LogP contribution in [0.2, 0.25) is 0 Å². The Balaban J connectivity index is 1.77. The monoisotopic (exact) mass is 300 g/mol. The molecule has 16 heavy (non-hydrogen) atoms. The molecule has 0 aliphatic heterocycles. The minimum Gasteiger partial charge on any atom is -0.310 e. The molecule has 1 aliphatic carbocycles. The summed E-state index contributed by atoms with van der Waals surface area (Å²) < 4.78 is 1.55. The number of nitrogens with one attached hydrogen (secondary N) is 1. The van der Waals surface area contributed by atoms with Crippen LogP contribution in [0.3, 0.4) is 0 Å². The quantitative estimate of drug-likeness (QED) is 0.904. The van der Waals surface area contributed by atoms with Gasteiger partial charge in [0.15, 0.2) is 0 Å². The third kappa shape index (κ3) is 2.99. The van der Waals surface area contributed by atoms with Gasteiger partial charge < -0.3 is 5.32 Å². The van der Waals surface area contributed by atoms with Crippen molar-refractivity contribution in [1.82, 2.24) is 10.3 Å². The van der Waals surface area contributed by atoms with Crippen LogP contribution >= 0.6 is 27.7 Å². The van der Waals surface area contributed by atoms with Gasteiger partial charge in [0, 0.05) is 28.5 Å². The zero-order valence-electron chi connectivity index (χ0n) is 9.50. The molecule has 0 amide bonds. The Bertz CT molecular complexity index is 330. The van der Waals surface area contributed by atoms with E-state index < -0.39 is 0 Å². The van der Waals surface area contributed by atoms with Gasteiger partial charge in [-0.3, -0.25) is 4.98 Å². The predicted octanol–water partition coefficient (Wildman–Crippen LogP) is 3.22. The van der Waals surface area contributed by atoms with Crippen LogP contribution in [0.1, 0.15) is 25.0 Å². The molecule has 1 fully saturated rings. The lowest BCUT2D eigenvalue weighted by molar-refractivity contribution is 0.345. The maximum atomic E-state index is 4.35. The van der Waals surface area contributed by atoms with E-state index >= 15 is 0 Å². The van der Waals surface area contributed by atoms with Gasteiger partial charge in [0.1, 0.15) is 0 Å². The summed E-state index contributed by atoms with van der Waals surface area (Å²) in [7, 11) is 0. The SMILES string of the molecule is CSC1(CNCc2ccc(Br)cn2)CCC1. The zero-order valence-corrected chi connectivity index (χ0v) is 11.9. The summed E-state index contributed by atoms with van der Waals surface area (Å²) in [6, 6.07) is 4.10. The highest BCUT2D eigenvalue weighted by Crippen LogP contribution is 2.42. The summed E-state index contributed by atoms with van der Waals surface area (Å²) in [6.45, 7) is 1.97. The second-order valence-electron chi connectivity index (χ2n) is 4.31. The van der Waals surface area contributed by atoms with Crippen molar-refractivity contribution in [3.8, 4) is 0 Å². The van der Waals surface area contributed by atoms with E-state index in [4.69, 9.17) is 0 Å². The Morgan fingerprint density at radius 1 is 1.50 bits per heavy atom. The second-order valence-corrected chi connectivity index (χ2v) is 6.50. The molecule has 0 saturated heterocycles. The smallest absolute Gasteiger partial charge is 0.0542 e. The predicted molar refractivity (Wildman–Crippen MR) is 73.7 cm³/mol. The first-order chi connectivity index (χ1) is 7.74. The number of hydrogen-bond acceptors (Lipinski definition) is 3. The lowest BCUT2D eigenvalue weighted by Gasteiger charge is -2.40. The fourth-order valence-electron chi connectivity index (χ4n) is 1.95. The maximum Gasteiger partial charge on any atom is 0.0542 e. The molecule has 1 N–H and O–H groups in total. The van der Waals surface area contributed by atoms with Crippen molar-refractivity contribution in [2.45, 2.75) is 30.6 Å². The van der Waals surface area contributed by atoms with Gasteiger partial charge in [0.2, 0.25) is 0 Å². The van der Waals surface area contributed by atoms with Crippen LogP contribution < -0.4 is 5.32 Å². The van der Waals surface area contributed by atoms with Crippen LogP contribution in [-0.2, 0) is 6.54 Å². The van der Waals surface area contributed by atoms with Crippen molar-refractivity contribution in [2.24, 2.45) is 0 Å². The van der Waals surface area contributed by atoms with Crippen LogP contribution in [0.4, 0.5) is 0 Å². The van der Waals surface area contributed by atoms with Crippen molar-refractivity contribution in [2.75, 3.05) is 12.8 Å². The Kier molecular flexibility index (Phi) is 4.27. The van der Waals surface area contributed by atoms with Gasteiger partial charge in [-0.2, -0.15) is 11.8 Å². The molecule has 1 aromatic heterocycles. The topological polar surface area (TPSA) is 24.9 Å². The van der Waals surface area contributed by atoms with Gasteiger partial charge in [-0.05, 0) is 47.2 Å². The third-order valence-electron chi connectivity index (χ3n) is 3.24. The number of halogens is 1. The number of pyridine rings is 1. The fourth-order valence-corrected chi connectivity index (χ4v) is 3.13. The molecule has 1 aliphatic rings. The van der Waals surface area contributed by atoms with Crippen molar-refractivity contribution in [3.05, 3.63) is 28.5 Å². The van der Waals surface area contributed by atoms with Gasteiger partial charge in [-0.25, -0.2) is 0 Å². The van der Waals surface area contributed by atoms with Crippen LogP contribution in [0.15, 0.2) is 22.8 Å². The molecular formula is C12H17BrN2S. The molecule has 0 spiro atoms. The first-order valence-corrected chi connectivity index (χ1v) is 7.62. The van der Waals surface area contributed by atoms with Gasteiger partial charge >= 0.3 is 0 Å². The Morgan fingerprint density at radius 3 is 2.81 bits per heavy atom. The summed E-state index contributed by atoms with van der Waals surface area (Å²) in [4.78, 5) is 4.35. The van der Waals surface area contributed by atoms with Gasteiger partial charge in [-0.15, -0.1) is 0 Å². The average Bonchev–Trinajstić information content (AvgIpc) is 2.25. The molecule has 0 atom stereocenters. The molecule has 1 heterocycles. The second kappa shape index (κ2) is 5.52. The van der Waals surface area contributed by atoms with E-state index in [1.807, 2.05) is 24.0 Å². The van der Waals surface area contributed by atoms with Crippen LogP contribution in [-0.4, -0.2) is 22.5 Å². The zero-order chi connectivity index (χ0) is 11.4. The average molecular weight is 301 g/mol. The first kappa shape index (κ1) is 12.4.